The summed E-state index contributed by atoms with van der Waals surface area (Å²) in [6.45, 7) is 2.86. The first-order chi connectivity index (χ1) is 13.3. The van der Waals surface area contributed by atoms with Gasteiger partial charge in [0, 0.05) is 6.42 Å². The summed E-state index contributed by atoms with van der Waals surface area (Å²) in [5, 5.41) is 16.3. The number of amides is 3. The van der Waals surface area contributed by atoms with Crippen LogP contribution in [-0.4, -0.2) is 54.0 Å². The predicted octanol–water partition coefficient (Wildman–Crippen LogP) is -0.596. The molecule has 0 heterocycles. The van der Waals surface area contributed by atoms with Gasteiger partial charge in [-0.3, -0.25) is 19.2 Å². The van der Waals surface area contributed by atoms with E-state index < -0.39 is 42.3 Å². The van der Waals surface area contributed by atoms with Crippen LogP contribution >= 0.6 is 0 Å². The van der Waals surface area contributed by atoms with Crippen LogP contribution in [0, 0.1) is 5.92 Å². The molecule has 0 aliphatic heterocycles. The Morgan fingerprint density at radius 1 is 1.07 bits per heavy atom. The van der Waals surface area contributed by atoms with Crippen LogP contribution in [0.2, 0.25) is 0 Å². The van der Waals surface area contributed by atoms with Crippen molar-refractivity contribution in [1.82, 2.24) is 16.0 Å². The van der Waals surface area contributed by atoms with Crippen LogP contribution in [0.1, 0.15) is 25.8 Å². The number of carbonyl (C=O) groups is 4. The third-order valence-corrected chi connectivity index (χ3v) is 4.33. The third-order valence-electron chi connectivity index (χ3n) is 4.33. The summed E-state index contributed by atoms with van der Waals surface area (Å²) in [4.78, 5) is 47.6. The SMILES string of the molecule is CCC(C)C(NC(=O)CN)C(=O)NC(Cc1ccccc1)C(=O)NCC(=O)O. The van der Waals surface area contributed by atoms with Crippen molar-refractivity contribution < 1.29 is 24.3 Å². The van der Waals surface area contributed by atoms with Crippen molar-refractivity contribution in [2.45, 2.75) is 38.8 Å². The third kappa shape index (κ3) is 7.75. The highest BCUT2D eigenvalue weighted by Crippen LogP contribution is 2.10. The summed E-state index contributed by atoms with van der Waals surface area (Å²) in [5.41, 5.74) is 6.11. The van der Waals surface area contributed by atoms with Gasteiger partial charge in [0.05, 0.1) is 6.54 Å². The maximum Gasteiger partial charge on any atom is 0.322 e. The Morgan fingerprint density at radius 3 is 2.25 bits per heavy atom. The van der Waals surface area contributed by atoms with E-state index >= 15 is 0 Å². The first kappa shape index (κ1) is 23.1. The van der Waals surface area contributed by atoms with E-state index in [9.17, 15) is 19.2 Å². The number of nitrogens with one attached hydrogen (secondary N) is 3. The molecule has 0 saturated carbocycles. The van der Waals surface area contributed by atoms with Gasteiger partial charge in [-0.2, -0.15) is 0 Å². The molecule has 1 rings (SSSR count). The molecule has 0 fully saturated rings. The monoisotopic (exact) mass is 392 g/mol. The Morgan fingerprint density at radius 2 is 1.71 bits per heavy atom. The number of benzene rings is 1. The number of carboxylic acid groups (broad SMARTS) is 1. The first-order valence-corrected chi connectivity index (χ1v) is 9.11. The van der Waals surface area contributed by atoms with E-state index in [1.54, 1.807) is 31.2 Å². The zero-order valence-electron chi connectivity index (χ0n) is 16.1. The summed E-state index contributed by atoms with van der Waals surface area (Å²) >= 11 is 0. The molecule has 0 radical (unpaired) electrons. The molecule has 154 valence electrons. The van der Waals surface area contributed by atoms with Crippen molar-refractivity contribution in [3.05, 3.63) is 35.9 Å². The Balaban J connectivity index is 2.97. The van der Waals surface area contributed by atoms with E-state index in [1.165, 1.54) is 0 Å². The number of carbonyl (C=O) groups excluding carboxylic acids is 3. The fourth-order valence-electron chi connectivity index (χ4n) is 2.54. The highest BCUT2D eigenvalue weighted by atomic mass is 16.4. The molecular weight excluding hydrogens is 364 g/mol. The molecule has 0 spiro atoms. The second-order valence-corrected chi connectivity index (χ2v) is 6.50. The van der Waals surface area contributed by atoms with Crippen molar-refractivity contribution in [3.63, 3.8) is 0 Å². The molecule has 9 nitrogen and oxygen atoms in total. The fraction of sp³-hybridized carbons (Fsp3) is 0.474. The first-order valence-electron chi connectivity index (χ1n) is 9.11. The second kappa shape index (κ2) is 11.7. The van der Waals surface area contributed by atoms with E-state index in [2.05, 4.69) is 16.0 Å². The average molecular weight is 392 g/mol. The minimum Gasteiger partial charge on any atom is -0.480 e. The summed E-state index contributed by atoms with van der Waals surface area (Å²) in [5.74, 6) is -2.99. The highest BCUT2D eigenvalue weighted by molar-refractivity contribution is 5.93. The van der Waals surface area contributed by atoms with Gasteiger partial charge in [0.15, 0.2) is 0 Å². The molecule has 0 aliphatic carbocycles. The van der Waals surface area contributed by atoms with Crippen molar-refractivity contribution in [2.24, 2.45) is 11.7 Å². The normalized spacial score (nSPS) is 13.7. The van der Waals surface area contributed by atoms with Crippen molar-refractivity contribution in [1.29, 1.82) is 0 Å². The molecule has 28 heavy (non-hydrogen) atoms. The van der Waals surface area contributed by atoms with E-state index in [0.29, 0.717) is 6.42 Å². The van der Waals surface area contributed by atoms with Crippen LogP contribution in [0.25, 0.3) is 0 Å². The number of nitrogens with two attached hydrogens (primary N) is 1. The van der Waals surface area contributed by atoms with Gasteiger partial charge in [0.1, 0.15) is 18.6 Å². The standard InChI is InChI=1S/C19H28N4O5/c1-3-12(2)17(23-15(24)10-20)19(28)22-14(18(27)21-11-16(25)26)9-13-7-5-4-6-8-13/h4-8,12,14,17H,3,9-11,20H2,1-2H3,(H,21,27)(H,22,28)(H,23,24)(H,25,26). The topological polar surface area (TPSA) is 151 Å². The maximum absolute atomic E-state index is 12.8. The second-order valence-electron chi connectivity index (χ2n) is 6.50. The number of aliphatic carboxylic acids is 1. The molecule has 0 aliphatic rings. The number of hydrogen-bond acceptors (Lipinski definition) is 5. The Hall–Kier alpha value is -2.94. The fourth-order valence-corrected chi connectivity index (χ4v) is 2.54. The van der Waals surface area contributed by atoms with Gasteiger partial charge < -0.3 is 26.8 Å². The van der Waals surface area contributed by atoms with Gasteiger partial charge in [-0.1, -0.05) is 50.6 Å². The lowest BCUT2D eigenvalue weighted by molar-refractivity contribution is -0.138. The van der Waals surface area contributed by atoms with Crippen molar-refractivity contribution in [3.8, 4) is 0 Å². The molecule has 3 amide bonds. The maximum atomic E-state index is 12.8. The Kier molecular flexibility index (Phi) is 9.66. The summed E-state index contributed by atoms with van der Waals surface area (Å²) < 4.78 is 0. The lowest BCUT2D eigenvalue weighted by atomic mass is 9.97. The van der Waals surface area contributed by atoms with Crippen molar-refractivity contribution >= 4 is 23.7 Å². The smallest absolute Gasteiger partial charge is 0.322 e. The minimum atomic E-state index is -1.19. The van der Waals surface area contributed by atoms with Crippen LogP contribution < -0.4 is 21.7 Å². The predicted molar refractivity (Wildman–Crippen MR) is 103 cm³/mol. The number of rotatable bonds is 11. The van der Waals surface area contributed by atoms with Gasteiger partial charge in [-0.15, -0.1) is 0 Å². The van der Waals surface area contributed by atoms with Gasteiger partial charge >= 0.3 is 5.97 Å². The summed E-state index contributed by atoms with van der Waals surface area (Å²) in [6.07, 6.45) is 0.799. The zero-order valence-corrected chi connectivity index (χ0v) is 16.1. The molecule has 0 bridgehead atoms. The number of carboxylic acids is 1. The molecule has 1 aromatic rings. The van der Waals surface area contributed by atoms with Crippen LogP contribution in [0.15, 0.2) is 30.3 Å². The molecule has 3 atom stereocenters. The molecule has 0 saturated heterocycles. The molecule has 6 N–H and O–H groups in total. The van der Waals surface area contributed by atoms with Gasteiger partial charge in [0.25, 0.3) is 0 Å². The largest absolute Gasteiger partial charge is 0.480 e. The van der Waals surface area contributed by atoms with E-state index in [0.717, 1.165) is 5.56 Å². The summed E-state index contributed by atoms with van der Waals surface area (Å²) in [7, 11) is 0. The molecule has 9 heteroatoms. The van der Waals surface area contributed by atoms with Crippen LogP contribution in [0.4, 0.5) is 0 Å². The van der Waals surface area contributed by atoms with Crippen LogP contribution in [0.3, 0.4) is 0 Å². The van der Waals surface area contributed by atoms with E-state index in [-0.39, 0.29) is 18.9 Å². The molecular formula is C19H28N4O5. The Labute approximate surface area is 164 Å². The Bertz CT molecular complexity index is 680. The van der Waals surface area contributed by atoms with Crippen molar-refractivity contribution in [2.75, 3.05) is 13.1 Å². The van der Waals surface area contributed by atoms with Crippen LogP contribution in [-0.2, 0) is 25.6 Å². The van der Waals surface area contributed by atoms with E-state index in [4.69, 9.17) is 10.8 Å². The van der Waals surface area contributed by atoms with Gasteiger partial charge in [0.2, 0.25) is 17.7 Å². The lowest BCUT2D eigenvalue weighted by Crippen LogP contribution is -2.57. The van der Waals surface area contributed by atoms with Gasteiger partial charge in [-0.25, -0.2) is 0 Å². The minimum absolute atomic E-state index is 0.177. The molecule has 1 aromatic carbocycles. The highest BCUT2D eigenvalue weighted by Gasteiger charge is 2.29. The summed E-state index contributed by atoms with van der Waals surface area (Å²) in [6, 6.07) is 7.17. The van der Waals surface area contributed by atoms with E-state index in [1.807, 2.05) is 13.0 Å². The molecule has 3 unspecified atom stereocenters. The quantitative estimate of drug-likeness (QED) is 0.339. The average Bonchev–Trinajstić information content (AvgIpc) is 2.69. The van der Waals surface area contributed by atoms with Crippen LogP contribution in [0.5, 0.6) is 0 Å². The zero-order chi connectivity index (χ0) is 21.1. The number of hydrogen-bond donors (Lipinski definition) is 5. The van der Waals surface area contributed by atoms with Gasteiger partial charge in [-0.05, 0) is 11.5 Å². The lowest BCUT2D eigenvalue weighted by Gasteiger charge is -2.26. The molecule has 0 aromatic heterocycles.